The monoisotopic (exact) mass is 865 g/mol. The van der Waals surface area contributed by atoms with Gasteiger partial charge >= 0.3 is 23.9 Å². The molecule has 24 nitrogen and oxygen atoms in total. The summed E-state index contributed by atoms with van der Waals surface area (Å²) in [5, 5.41) is 48.9. The van der Waals surface area contributed by atoms with E-state index in [1.165, 1.54) is 14.7 Å². The Morgan fingerprint density at radius 2 is 1.26 bits per heavy atom. The van der Waals surface area contributed by atoms with E-state index in [2.05, 4.69) is 26.6 Å². The third kappa shape index (κ3) is 24.9. The van der Waals surface area contributed by atoms with E-state index in [1.807, 2.05) is 13.0 Å². The lowest BCUT2D eigenvalue weighted by atomic mass is 10.1. The molecular formula is C37H55N9O15. The number of hydrogen-bond donors (Lipinski definition) is 10. The molecule has 0 fully saturated rings. The number of unbranched alkanes of at least 4 members (excludes halogenated alkanes) is 1. The molecule has 338 valence electrons. The molecule has 0 aliphatic carbocycles. The van der Waals surface area contributed by atoms with Gasteiger partial charge in [0, 0.05) is 44.7 Å². The number of benzene rings is 1. The molecule has 24 heteroatoms. The first-order valence-electron chi connectivity index (χ1n) is 19.0. The molecule has 0 aromatic heterocycles. The van der Waals surface area contributed by atoms with Gasteiger partial charge in [-0.15, -0.1) is 0 Å². The number of aldehydes is 1. The molecular weight excluding hydrogens is 810 g/mol. The summed E-state index contributed by atoms with van der Waals surface area (Å²) < 4.78 is 0. The Hall–Kier alpha value is -6.53. The maximum atomic E-state index is 12.9. The minimum absolute atomic E-state index is 0.00312. The van der Waals surface area contributed by atoms with Crippen molar-refractivity contribution >= 4 is 65.6 Å². The predicted molar refractivity (Wildman–Crippen MR) is 212 cm³/mol. The number of nitrogens with zero attached hydrogens (tertiary/aromatic N) is 3. The summed E-state index contributed by atoms with van der Waals surface area (Å²) in [6, 6.07) is 4.15. The van der Waals surface area contributed by atoms with Crippen LogP contribution >= 0.6 is 0 Å². The fourth-order valence-corrected chi connectivity index (χ4v) is 5.57. The number of primary amides is 1. The Bertz CT molecular complexity index is 1690. The van der Waals surface area contributed by atoms with Crippen molar-refractivity contribution in [3.63, 3.8) is 0 Å². The summed E-state index contributed by atoms with van der Waals surface area (Å²) in [5.41, 5.74) is 6.55. The third-order valence-electron chi connectivity index (χ3n) is 8.55. The van der Waals surface area contributed by atoms with E-state index < -0.39 is 118 Å². The van der Waals surface area contributed by atoms with Gasteiger partial charge in [-0.05, 0) is 44.7 Å². The molecule has 0 aliphatic rings. The molecule has 11 N–H and O–H groups in total. The Morgan fingerprint density at radius 3 is 1.84 bits per heavy atom. The zero-order valence-corrected chi connectivity index (χ0v) is 33.8. The van der Waals surface area contributed by atoms with Crippen molar-refractivity contribution in [2.45, 2.75) is 51.1 Å². The van der Waals surface area contributed by atoms with Gasteiger partial charge in [-0.1, -0.05) is 17.7 Å². The van der Waals surface area contributed by atoms with Crippen LogP contribution in [0.4, 0.5) is 0 Å². The highest BCUT2D eigenvalue weighted by atomic mass is 16.4. The van der Waals surface area contributed by atoms with Crippen molar-refractivity contribution in [2.75, 3.05) is 78.5 Å². The summed E-state index contributed by atoms with van der Waals surface area (Å²) in [6.07, 6.45) is 0.208. The van der Waals surface area contributed by atoms with Crippen molar-refractivity contribution in [3.8, 4) is 0 Å². The topological polar surface area (TPSA) is 365 Å². The van der Waals surface area contributed by atoms with Crippen LogP contribution in [0.1, 0.15) is 48.0 Å². The standard InChI is InChI=1S/C37H55N9O15/c1-24-5-4-6-25(17-24)35(58)39-10-3-2-7-27(37(60)61)43-30(50)19-41-36(59)26(8-9-32(52)53)42-29(49)18-40-31(51)21-45(15-16-47)12-11-44(22-33(54)55)13-14-46(20-28(38)48)23-34(56)57/h4-6,16-17,26-27H,2-3,7-15,18-23H2,1H3,(H2,38,48)(H,39,58)(H,40,51)(H,41,59)(H,42,49)(H,43,50)(H,52,53)(H,54,55)(H,56,57)(H,60,61). The van der Waals surface area contributed by atoms with E-state index in [4.69, 9.17) is 15.9 Å². The first kappa shape index (κ1) is 52.5. The fraction of sp³-hybridized carbons (Fsp3) is 0.541. The molecule has 1 rings (SSSR count). The minimum Gasteiger partial charge on any atom is -0.481 e. The molecule has 1 aromatic rings. The summed E-state index contributed by atoms with van der Waals surface area (Å²) >= 11 is 0. The average Bonchev–Trinajstić information content (AvgIpc) is 3.17. The summed E-state index contributed by atoms with van der Waals surface area (Å²) in [6.45, 7) is -1.59. The number of rotatable bonds is 33. The third-order valence-corrected chi connectivity index (χ3v) is 8.55. The number of carbonyl (C=O) groups excluding carboxylic acids is 7. The summed E-state index contributed by atoms with van der Waals surface area (Å²) in [4.78, 5) is 135. The lowest BCUT2D eigenvalue weighted by Crippen LogP contribution is -2.52. The van der Waals surface area contributed by atoms with Gasteiger partial charge in [0.25, 0.3) is 5.91 Å². The van der Waals surface area contributed by atoms with E-state index >= 15 is 0 Å². The number of carboxylic acid groups (broad SMARTS) is 4. The first-order valence-corrected chi connectivity index (χ1v) is 19.0. The Kier molecular flexibility index (Phi) is 24.8. The van der Waals surface area contributed by atoms with Crippen molar-refractivity contribution in [1.29, 1.82) is 0 Å². The minimum atomic E-state index is -1.49. The van der Waals surface area contributed by atoms with E-state index in [0.717, 1.165) is 5.56 Å². The molecule has 0 bridgehead atoms. The van der Waals surface area contributed by atoms with Crippen LogP contribution in [0.5, 0.6) is 0 Å². The molecule has 6 amide bonds. The highest BCUT2D eigenvalue weighted by molar-refractivity contribution is 5.94. The van der Waals surface area contributed by atoms with E-state index in [9.17, 15) is 63.0 Å². The number of hydrogen-bond acceptors (Lipinski definition) is 14. The van der Waals surface area contributed by atoms with Crippen LogP contribution in [0, 0.1) is 6.92 Å². The van der Waals surface area contributed by atoms with Gasteiger partial charge in [0.2, 0.25) is 29.5 Å². The Morgan fingerprint density at radius 1 is 0.672 bits per heavy atom. The van der Waals surface area contributed by atoms with Crippen LogP contribution in [-0.2, 0) is 47.9 Å². The zero-order valence-electron chi connectivity index (χ0n) is 33.8. The van der Waals surface area contributed by atoms with Crippen LogP contribution in [0.25, 0.3) is 0 Å². The normalized spacial score (nSPS) is 11.9. The first-order chi connectivity index (χ1) is 28.8. The van der Waals surface area contributed by atoms with Gasteiger partial charge in [0.15, 0.2) is 0 Å². The van der Waals surface area contributed by atoms with Crippen LogP contribution in [-0.4, -0.2) is 191 Å². The number of nitrogens with one attached hydrogen (secondary N) is 5. The SMILES string of the molecule is Cc1cccc(C(=O)NCCCCC(NC(=O)CNC(=O)C(CCC(=O)O)NC(=O)CNC(=O)CN(CC=O)CCN(CCN(CC(N)=O)CC(=O)O)CC(=O)O)C(=O)O)c1. The number of aryl methyl sites for hydroxylation is 1. The molecule has 0 radical (unpaired) electrons. The maximum Gasteiger partial charge on any atom is 0.326 e. The molecule has 61 heavy (non-hydrogen) atoms. The number of aliphatic carboxylic acids is 4. The lowest BCUT2D eigenvalue weighted by Gasteiger charge is -2.27. The van der Waals surface area contributed by atoms with Gasteiger partial charge in [0.1, 0.15) is 18.4 Å². The molecule has 0 saturated heterocycles. The van der Waals surface area contributed by atoms with Gasteiger partial charge in [0.05, 0.1) is 45.8 Å². The second-order valence-electron chi connectivity index (χ2n) is 13.8. The molecule has 0 heterocycles. The summed E-state index contributed by atoms with van der Waals surface area (Å²) in [7, 11) is 0. The molecule has 1 aromatic carbocycles. The number of nitrogens with two attached hydrogens (primary N) is 1. The van der Waals surface area contributed by atoms with E-state index in [1.54, 1.807) is 18.2 Å². The number of carboxylic acids is 4. The van der Waals surface area contributed by atoms with E-state index in [-0.39, 0.29) is 51.6 Å². The quantitative estimate of drug-likeness (QED) is 0.0237. The van der Waals surface area contributed by atoms with Crippen molar-refractivity contribution in [1.82, 2.24) is 41.3 Å². The largest absolute Gasteiger partial charge is 0.481 e. The Balaban J connectivity index is 2.68. The number of amides is 6. The second-order valence-corrected chi connectivity index (χ2v) is 13.8. The summed E-state index contributed by atoms with van der Waals surface area (Å²) in [5.74, 6) is -9.76. The van der Waals surface area contributed by atoms with Crippen molar-refractivity contribution < 1.29 is 73.2 Å². The highest BCUT2D eigenvalue weighted by Crippen LogP contribution is 2.06. The molecule has 2 atom stereocenters. The maximum absolute atomic E-state index is 12.9. The van der Waals surface area contributed by atoms with Crippen molar-refractivity contribution in [3.05, 3.63) is 35.4 Å². The smallest absolute Gasteiger partial charge is 0.326 e. The molecule has 2 unspecified atom stereocenters. The lowest BCUT2D eigenvalue weighted by molar-refractivity contribution is -0.142. The predicted octanol–water partition coefficient (Wildman–Crippen LogP) is -4.19. The van der Waals surface area contributed by atoms with Crippen LogP contribution in [0.3, 0.4) is 0 Å². The van der Waals surface area contributed by atoms with Crippen LogP contribution in [0.2, 0.25) is 0 Å². The van der Waals surface area contributed by atoms with Gasteiger partial charge in [-0.25, -0.2) is 4.79 Å². The molecule has 0 spiro atoms. The fourth-order valence-electron chi connectivity index (χ4n) is 5.57. The van der Waals surface area contributed by atoms with E-state index in [0.29, 0.717) is 24.7 Å². The second kappa shape index (κ2) is 28.8. The van der Waals surface area contributed by atoms with Crippen molar-refractivity contribution in [2.24, 2.45) is 5.73 Å². The molecule has 0 saturated carbocycles. The van der Waals surface area contributed by atoms with Gasteiger partial charge in [-0.2, -0.15) is 0 Å². The van der Waals surface area contributed by atoms with Crippen LogP contribution < -0.4 is 32.3 Å². The van der Waals surface area contributed by atoms with Gasteiger partial charge in [-0.3, -0.25) is 57.9 Å². The zero-order chi connectivity index (χ0) is 45.9. The number of carbonyl (C=O) groups is 11. The van der Waals surface area contributed by atoms with Gasteiger partial charge < -0.3 is 57.5 Å². The van der Waals surface area contributed by atoms with Crippen LogP contribution in [0.15, 0.2) is 24.3 Å². The Labute approximate surface area is 350 Å². The highest BCUT2D eigenvalue weighted by Gasteiger charge is 2.25. The average molecular weight is 866 g/mol. The molecule has 0 aliphatic heterocycles.